The first-order chi connectivity index (χ1) is 12.4. The molecule has 26 heavy (non-hydrogen) atoms. The first-order valence-corrected chi connectivity index (χ1v) is 8.11. The number of rotatable bonds is 8. The number of aryl methyl sites for hydroxylation is 1. The third-order valence-electron chi connectivity index (χ3n) is 3.54. The third kappa shape index (κ3) is 5.51. The van der Waals surface area contributed by atoms with Crippen molar-refractivity contribution in [2.24, 2.45) is 0 Å². The number of esters is 1. The van der Waals surface area contributed by atoms with Crippen LogP contribution in [0.4, 0.5) is 10.2 Å². The topological polar surface area (TPSA) is 98.5 Å². The highest BCUT2D eigenvalue weighted by atomic mass is 19.1. The maximum absolute atomic E-state index is 12.8. The zero-order valence-electron chi connectivity index (χ0n) is 14.5. The second-order valence-corrected chi connectivity index (χ2v) is 5.63. The summed E-state index contributed by atoms with van der Waals surface area (Å²) in [5, 5.41) is 6.12. The number of ether oxygens (including phenoxy) is 1. The van der Waals surface area contributed by atoms with Crippen molar-refractivity contribution in [1.82, 2.24) is 5.16 Å². The Kier molecular flexibility index (Phi) is 6.60. The van der Waals surface area contributed by atoms with Crippen LogP contribution in [0, 0.1) is 12.7 Å². The van der Waals surface area contributed by atoms with E-state index in [0.29, 0.717) is 11.3 Å². The van der Waals surface area contributed by atoms with Crippen LogP contribution in [0.15, 0.2) is 34.9 Å². The van der Waals surface area contributed by atoms with Crippen molar-refractivity contribution in [2.75, 3.05) is 5.32 Å². The van der Waals surface area contributed by atoms with E-state index in [1.165, 1.54) is 30.3 Å². The van der Waals surface area contributed by atoms with E-state index in [-0.39, 0.29) is 30.9 Å². The second kappa shape index (κ2) is 8.89. The first-order valence-electron chi connectivity index (χ1n) is 8.11. The Morgan fingerprint density at radius 1 is 1.23 bits per heavy atom. The molecule has 0 bridgehead atoms. The lowest BCUT2D eigenvalue weighted by atomic mass is 10.1. The van der Waals surface area contributed by atoms with Crippen LogP contribution in [-0.4, -0.2) is 28.9 Å². The van der Waals surface area contributed by atoms with Gasteiger partial charge >= 0.3 is 5.97 Å². The van der Waals surface area contributed by atoms with Crippen molar-refractivity contribution in [3.05, 3.63) is 47.5 Å². The maximum atomic E-state index is 12.8. The average molecular weight is 362 g/mol. The average Bonchev–Trinajstić information content (AvgIpc) is 3.02. The molecule has 1 amide bonds. The van der Waals surface area contributed by atoms with Gasteiger partial charge in [0.25, 0.3) is 5.91 Å². The number of nitrogens with one attached hydrogen (secondary N) is 1. The lowest BCUT2D eigenvalue weighted by Crippen LogP contribution is -2.32. The zero-order valence-corrected chi connectivity index (χ0v) is 14.5. The molecule has 1 heterocycles. The molecule has 1 aromatic carbocycles. The van der Waals surface area contributed by atoms with Crippen molar-refractivity contribution >= 4 is 23.5 Å². The van der Waals surface area contributed by atoms with E-state index in [0.717, 1.165) is 0 Å². The largest absolute Gasteiger partial charge is 0.452 e. The van der Waals surface area contributed by atoms with Gasteiger partial charge in [0.15, 0.2) is 17.7 Å². The molecule has 2 rings (SSSR count). The quantitative estimate of drug-likeness (QED) is 0.572. The van der Waals surface area contributed by atoms with Crippen LogP contribution >= 0.6 is 0 Å². The van der Waals surface area contributed by atoms with Crippen LogP contribution in [0.25, 0.3) is 0 Å². The SMILES string of the molecule is CCC(OC(=O)CCC(=O)c1ccc(F)cc1)C(=O)Nc1cc(C)on1. The summed E-state index contributed by atoms with van der Waals surface area (Å²) < 4.78 is 22.8. The fourth-order valence-corrected chi connectivity index (χ4v) is 2.17. The van der Waals surface area contributed by atoms with Crippen molar-refractivity contribution in [1.29, 1.82) is 0 Å². The minimum Gasteiger partial charge on any atom is -0.452 e. The molecule has 0 saturated heterocycles. The Labute approximate surface area is 149 Å². The van der Waals surface area contributed by atoms with Crippen LogP contribution in [0.5, 0.6) is 0 Å². The van der Waals surface area contributed by atoms with E-state index < -0.39 is 23.8 Å². The van der Waals surface area contributed by atoms with Gasteiger partial charge in [-0.05, 0) is 37.6 Å². The van der Waals surface area contributed by atoms with Gasteiger partial charge in [0.1, 0.15) is 11.6 Å². The number of amides is 1. The van der Waals surface area contributed by atoms with Crippen LogP contribution in [0.1, 0.15) is 42.3 Å². The molecular formula is C18H19FN2O5. The molecule has 0 aliphatic carbocycles. The van der Waals surface area contributed by atoms with Crippen LogP contribution in [-0.2, 0) is 14.3 Å². The number of aromatic nitrogens is 1. The van der Waals surface area contributed by atoms with E-state index in [4.69, 9.17) is 9.26 Å². The highest BCUT2D eigenvalue weighted by Crippen LogP contribution is 2.12. The summed E-state index contributed by atoms with van der Waals surface area (Å²) in [6.45, 7) is 3.37. The summed E-state index contributed by atoms with van der Waals surface area (Å²) in [7, 11) is 0. The normalized spacial score (nSPS) is 11.7. The number of Topliss-reactive ketones (excluding diaryl/α,β-unsaturated/α-hetero) is 1. The van der Waals surface area contributed by atoms with Crippen LogP contribution < -0.4 is 5.32 Å². The molecule has 0 aliphatic heterocycles. The van der Waals surface area contributed by atoms with Gasteiger partial charge in [0.2, 0.25) is 0 Å². The minimum atomic E-state index is -1.000. The van der Waals surface area contributed by atoms with Gasteiger partial charge in [-0.25, -0.2) is 4.39 Å². The fourth-order valence-electron chi connectivity index (χ4n) is 2.17. The molecule has 0 fully saturated rings. The van der Waals surface area contributed by atoms with E-state index in [1.807, 2.05) is 0 Å². The molecule has 1 atom stereocenters. The summed E-state index contributed by atoms with van der Waals surface area (Å²) >= 11 is 0. The van der Waals surface area contributed by atoms with E-state index in [9.17, 15) is 18.8 Å². The Balaban J connectivity index is 1.83. The highest BCUT2D eigenvalue weighted by Gasteiger charge is 2.22. The molecule has 1 unspecified atom stereocenters. The fraction of sp³-hybridized carbons (Fsp3) is 0.333. The number of nitrogens with zero attached hydrogens (tertiary/aromatic N) is 1. The van der Waals surface area contributed by atoms with Crippen molar-refractivity contribution < 1.29 is 28.0 Å². The third-order valence-corrected chi connectivity index (χ3v) is 3.54. The monoisotopic (exact) mass is 362 g/mol. The molecule has 2 aromatic rings. The molecular weight excluding hydrogens is 343 g/mol. The van der Waals surface area contributed by atoms with Gasteiger partial charge in [-0.2, -0.15) is 0 Å². The standard InChI is InChI=1S/C18H19FN2O5/c1-3-15(18(24)20-16-10-11(2)26-21-16)25-17(23)9-8-14(22)12-4-6-13(19)7-5-12/h4-7,10,15H,3,8-9H2,1-2H3,(H,20,21,24). The number of hydrogen-bond donors (Lipinski definition) is 1. The number of carbonyl (C=O) groups is 3. The Bertz CT molecular complexity index is 785. The number of hydrogen-bond acceptors (Lipinski definition) is 6. The number of anilines is 1. The predicted octanol–water partition coefficient (Wildman–Crippen LogP) is 3.05. The molecule has 7 nitrogen and oxygen atoms in total. The zero-order chi connectivity index (χ0) is 19.1. The van der Waals surface area contributed by atoms with Gasteiger partial charge in [0, 0.05) is 18.1 Å². The van der Waals surface area contributed by atoms with Crippen molar-refractivity contribution in [3.63, 3.8) is 0 Å². The molecule has 1 N–H and O–H groups in total. The molecule has 0 aliphatic rings. The van der Waals surface area contributed by atoms with Gasteiger partial charge in [-0.15, -0.1) is 0 Å². The van der Waals surface area contributed by atoms with E-state index >= 15 is 0 Å². The first kappa shape index (κ1) is 19.3. The number of benzene rings is 1. The van der Waals surface area contributed by atoms with E-state index in [1.54, 1.807) is 13.8 Å². The lowest BCUT2D eigenvalue weighted by molar-refractivity contribution is -0.154. The van der Waals surface area contributed by atoms with Gasteiger partial charge < -0.3 is 14.6 Å². The van der Waals surface area contributed by atoms with Crippen molar-refractivity contribution in [3.8, 4) is 0 Å². The van der Waals surface area contributed by atoms with Gasteiger partial charge in [0.05, 0.1) is 6.42 Å². The Morgan fingerprint density at radius 3 is 2.50 bits per heavy atom. The van der Waals surface area contributed by atoms with Crippen LogP contribution in [0.3, 0.4) is 0 Å². The molecule has 0 radical (unpaired) electrons. The Morgan fingerprint density at radius 2 is 1.92 bits per heavy atom. The summed E-state index contributed by atoms with van der Waals surface area (Å²) in [6, 6.07) is 6.59. The maximum Gasteiger partial charge on any atom is 0.307 e. The summed E-state index contributed by atoms with van der Waals surface area (Å²) in [4.78, 5) is 36.0. The molecule has 0 saturated carbocycles. The minimum absolute atomic E-state index is 0.0923. The molecule has 0 spiro atoms. The summed E-state index contributed by atoms with van der Waals surface area (Å²) in [6.07, 6.45) is -1.01. The van der Waals surface area contributed by atoms with Crippen LogP contribution in [0.2, 0.25) is 0 Å². The number of carbonyl (C=O) groups excluding carboxylic acids is 3. The van der Waals surface area contributed by atoms with Crippen molar-refractivity contribution in [2.45, 2.75) is 39.2 Å². The predicted molar refractivity (Wildman–Crippen MR) is 90.0 cm³/mol. The highest BCUT2D eigenvalue weighted by molar-refractivity contribution is 5.98. The number of halogens is 1. The number of ketones is 1. The molecule has 1 aromatic heterocycles. The summed E-state index contributed by atoms with van der Waals surface area (Å²) in [5.74, 6) is -1.19. The molecule has 138 valence electrons. The smallest absolute Gasteiger partial charge is 0.307 e. The molecule has 8 heteroatoms. The second-order valence-electron chi connectivity index (χ2n) is 5.63. The summed E-state index contributed by atoms with van der Waals surface area (Å²) in [5.41, 5.74) is 0.311. The lowest BCUT2D eigenvalue weighted by Gasteiger charge is -2.14. The van der Waals surface area contributed by atoms with Gasteiger partial charge in [-0.3, -0.25) is 14.4 Å². The Hall–Kier alpha value is -3.03. The van der Waals surface area contributed by atoms with Gasteiger partial charge in [-0.1, -0.05) is 12.1 Å². The van der Waals surface area contributed by atoms with E-state index in [2.05, 4.69) is 10.5 Å².